The third-order valence-electron chi connectivity index (χ3n) is 3.60. The molecule has 1 N–H and O–H groups in total. The molecule has 2 aromatic carbocycles. The van der Waals surface area contributed by atoms with Gasteiger partial charge in [-0.15, -0.1) is 0 Å². The fourth-order valence-corrected chi connectivity index (χ4v) is 2.25. The van der Waals surface area contributed by atoms with Crippen molar-refractivity contribution in [1.29, 1.82) is 0 Å². The van der Waals surface area contributed by atoms with Gasteiger partial charge >= 0.3 is 5.97 Å². The summed E-state index contributed by atoms with van der Waals surface area (Å²) < 4.78 is 18.4. The van der Waals surface area contributed by atoms with Crippen molar-refractivity contribution >= 4 is 28.5 Å². The molecule has 1 amide bonds. The molecule has 0 aliphatic heterocycles. The van der Waals surface area contributed by atoms with Gasteiger partial charge < -0.3 is 10.1 Å². The Hall–Kier alpha value is -3.28. The van der Waals surface area contributed by atoms with Gasteiger partial charge in [-0.1, -0.05) is 30.3 Å². The molecule has 0 atom stereocenters. The van der Waals surface area contributed by atoms with Gasteiger partial charge in [-0.3, -0.25) is 4.79 Å². The van der Waals surface area contributed by atoms with Crippen LogP contribution in [0.3, 0.4) is 0 Å². The molecule has 5 nitrogen and oxygen atoms in total. The van der Waals surface area contributed by atoms with Crippen LogP contribution in [0.25, 0.3) is 10.9 Å². The number of ether oxygens (including phenoxy) is 1. The van der Waals surface area contributed by atoms with E-state index in [1.807, 2.05) is 18.2 Å². The molecule has 0 bridgehead atoms. The molecule has 0 radical (unpaired) electrons. The number of amides is 1. The molecule has 0 fully saturated rings. The Kier molecular flexibility index (Phi) is 4.70. The molecule has 0 aliphatic rings. The maximum Gasteiger partial charge on any atom is 0.357 e. The molecule has 0 unspecified atom stereocenters. The van der Waals surface area contributed by atoms with Gasteiger partial charge in [-0.2, -0.15) is 0 Å². The Morgan fingerprint density at radius 1 is 1.12 bits per heavy atom. The van der Waals surface area contributed by atoms with E-state index >= 15 is 0 Å². The Bertz CT molecular complexity index is 956. The molecule has 0 saturated carbocycles. The summed E-state index contributed by atoms with van der Waals surface area (Å²) >= 11 is 0. The normalized spacial score (nSPS) is 10.5. The number of aromatic nitrogens is 1. The van der Waals surface area contributed by atoms with Crippen LogP contribution in [0.1, 0.15) is 16.1 Å². The van der Waals surface area contributed by atoms with Crippen LogP contribution >= 0.6 is 0 Å². The van der Waals surface area contributed by atoms with Gasteiger partial charge in [0.15, 0.2) is 6.61 Å². The quantitative estimate of drug-likeness (QED) is 0.740. The van der Waals surface area contributed by atoms with Crippen LogP contribution in [0.2, 0.25) is 0 Å². The third kappa shape index (κ3) is 3.98. The van der Waals surface area contributed by atoms with E-state index in [1.165, 1.54) is 12.1 Å². The van der Waals surface area contributed by atoms with E-state index in [1.54, 1.807) is 31.2 Å². The van der Waals surface area contributed by atoms with Gasteiger partial charge in [-0.25, -0.2) is 14.2 Å². The lowest BCUT2D eigenvalue weighted by Crippen LogP contribution is -2.21. The summed E-state index contributed by atoms with van der Waals surface area (Å²) in [4.78, 5) is 28.0. The van der Waals surface area contributed by atoms with Crippen molar-refractivity contribution in [2.75, 3.05) is 11.9 Å². The minimum atomic E-state index is -0.698. The van der Waals surface area contributed by atoms with E-state index in [0.29, 0.717) is 16.8 Å². The van der Waals surface area contributed by atoms with Crippen LogP contribution < -0.4 is 5.32 Å². The van der Waals surface area contributed by atoms with Crippen LogP contribution in [-0.4, -0.2) is 23.5 Å². The van der Waals surface area contributed by atoms with Crippen LogP contribution in [0.4, 0.5) is 10.1 Å². The molecule has 1 aromatic heterocycles. The van der Waals surface area contributed by atoms with Crippen molar-refractivity contribution in [3.63, 3.8) is 0 Å². The van der Waals surface area contributed by atoms with E-state index in [4.69, 9.17) is 4.74 Å². The molecule has 6 heteroatoms. The number of benzene rings is 2. The number of nitrogens with one attached hydrogen (secondary N) is 1. The molecule has 1 heterocycles. The highest BCUT2D eigenvalue weighted by Gasteiger charge is 2.12. The standard InChI is InChI=1S/C19H15FN2O3/c1-12-6-8-14(10-15(12)20)21-18(23)11-25-19(24)17-9-7-13-4-2-3-5-16(13)22-17/h2-10H,11H2,1H3,(H,21,23). The number of anilines is 1. The largest absolute Gasteiger partial charge is 0.451 e. The average molecular weight is 338 g/mol. The number of carbonyl (C=O) groups excluding carboxylic acids is 2. The summed E-state index contributed by atoms with van der Waals surface area (Å²) in [5.74, 6) is -1.68. The summed E-state index contributed by atoms with van der Waals surface area (Å²) in [6.07, 6.45) is 0. The third-order valence-corrected chi connectivity index (χ3v) is 3.60. The predicted molar refractivity (Wildman–Crippen MR) is 91.8 cm³/mol. The molecule has 25 heavy (non-hydrogen) atoms. The number of esters is 1. The topological polar surface area (TPSA) is 68.3 Å². The van der Waals surface area contributed by atoms with Crippen molar-refractivity contribution in [2.45, 2.75) is 6.92 Å². The van der Waals surface area contributed by atoms with Gasteiger partial charge in [0.25, 0.3) is 5.91 Å². The second-order valence-corrected chi connectivity index (χ2v) is 5.48. The fourth-order valence-electron chi connectivity index (χ4n) is 2.25. The fraction of sp³-hybridized carbons (Fsp3) is 0.105. The molecular weight excluding hydrogens is 323 g/mol. The molecule has 0 saturated heterocycles. The number of carbonyl (C=O) groups is 2. The summed E-state index contributed by atoms with van der Waals surface area (Å²) in [5, 5.41) is 3.37. The van der Waals surface area contributed by atoms with Crippen molar-refractivity contribution in [2.24, 2.45) is 0 Å². The summed E-state index contributed by atoms with van der Waals surface area (Å²) in [5.41, 5.74) is 1.56. The Morgan fingerprint density at radius 3 is 2.72 bits per heavy atom. The predicted octanol–water partition coefficient (Wildman–Crippen LogP) is 3.48. The van der Waals surface area contributed by atoms with E-state index in [0.717, 1.165) is 5.39 Å². The number of hydrogen-bond donors (Lipinski definition) is 1. The molecule has 0 aliphatic carbocycles. The second kappa shape index (κ2) is 7.09. The SMILES string of the molecule is Cc1ccc(NC(=O)COC(=O)c2ccc3ccccc3n2)cc1F. The Morgan fingerprint density at radius 2 is 1.92 bits per heavy atom. The molecule has 3 rings (SSSR count). The number of pyridine rings is 1. The zero-order chi connectivity index (χ0) is 17.8. The van der Waals surface area contributed by atoms with E-state index < -0.39 is 24.3 Å². The highest BCUT2D eigenvalue weighted by atomic mass is 19.1. The number of para-hydroxylation sites is 1. The number of hydrogen-bond acceptors (Lipinski definition) is 4. The van der Waals surface area contributed by atoms with Gasteiger partial charge in [-0.05, 0) is 36.8 Å². The Balaban J connectivity index is 1.60. The monoisotopic (exact) mass is 338 g/mol. The van der Waals surface area contributed by atoms with Crippen LogP contribution in [0.15, 0.2) is 54.6 Å². The first-order valence-electron chi connectivity index (χ1n) is 7.62. The van der Waals surface area contributed by atoms with Gasteiger partial charge in [0.1, 0.15) is 11.5 Å². The Labute approximate surface area is 143 Å². The lowest BCUT2D eigenvalue weighted by molar-refractivity contribution is -0.119. The maximum absolute atomic E-state index is 13.4. The molecule has 0 spiro atoms. The minimum Gasteiger partial charge on any atom is -0.451 e. The molecule has 3 aromatic rings. The van der Waals surface area contributed by atoms with Gasteiger partial charge in [0, 0.05) is 11.1 Å². The molecule has 126 valence electrons. The zero-order valence-electron chi connectivity index (χ0n) is 13.5. The first-order valence-corrected chi connectivity index (χ1v) is 7.62. The van der Waals surface area contributed by atoms with Crippen molar-refractivity contribution in [1.82, 2.24) is 4.98 Å². The van der Waals surface area contributed by atoms with Crippen LogP contribution in [-0.2, 0) is 9.53 Å². The summed E-state index contributed by atoms with van der Waals surface area (Å²) in [6.45, 7) is 1.14. The van der Waals surface area contributed by atoms with E-state index in [-0.39, 0.29) is 5.69 Å². The van der Waals surface area contributed by atoms with Crippen molar-refractivity contribution in [3.05, 3.63) is 71.7 Å². The van der Waals surface area contributed by atoms with Gasteiger partial charge in [0.2, 0.25) is 0 Å². The van der Waals surface area contributed by atoms with E-state index in [9.17, 15) is 14.0 Å². The molecular formula is C19H15FN2O3. The number of nitrogens with zero attached hydrogens (tertiary/aromatic N) is 1. The van der Waals surface area contributed by atoms with Crippen LogP contribution in [0.5, 0.6) is 0 Å². The minimum absolute atomic E-state index is 0.118. The van der Waals surface area contributed by atoms with E-state index in [2.05, 4.69) is 10.3 Å². The zero-order valence-corrected chi connectivity index (χ0v) is 13.5. The lowest BCUT2D eigenvalue weighted by Gasteiger charge is -2.07. The van der Waals surface area contributed by atoms with Crippen LogP contribution in [0, 0.1) is 12.7 Å². The van der Waals surface area contributed by atoms with Crippen molar-refractivity contribution < 1.29 is 18.7 Å². The van der Waals surface area contributed by atoms with Gasteiger partial charge in [0.05, 0.1) is 5.52 Å². The summed E-state index contributed by atoms with van der Waals surface area (Å²) in [7, 11) is 0. The number of halogens is 1. The highest BCUT2D eigenvalue weighted by Crippen LogP contribution is 2.14. The van der Waals surface area contributed by atoms with Crippen molar-refractivity contribution in [3.8, 4) is 0 Å². The highest BCUT2D eigenvalue weighted by molar-refractivity contribution is 5.95. The summed E-state index contributed by atoms with van der Waals surface area (Å²) in [6, 6.07) is 15.0. The number of fused-ring (bicyclic) bond motifs is 1. The smallest absolute Gasteiger partial charge is 0.357 e. The average Bonchev–Trinajstić information content (AvgIpc) is 2.62. The first kappa shape index (κ1) is 16.6. The number of aryl methyl sites for hydroxylation is 1. The number of rotatable bonds is 4. The second-order valence-electron chi connectivity index (χ2n) is 5.48. The first-order chi connectivity index (χ1) is 12.0. The maximum atomic E-state index is 13.4. The lowest BCUT2D eigenvalue weighted by atomic mass is 10.2.